The number of rotatable bonds is 3. The minimum Gasteiger partial charge on any atom is -0.327 e. The van der Waals surface area contributed by atoms with Crippen LogP contribution in [0.4, 0.5) is 5.69 Å². The molecule has 0 spiro atoms. The van der Waals surface area contributed by atoms with Crippen molar-refractivity contribution in [1.82, 2.24) is 0 Å². The lowest BCUT2D eigenvalue weighted by Crippen LogP contribution is -2.48. The quantitative estimate of drug-likeness (QED) is 0.764. The van der Waals surface area contributed by atoms with Crippen LogP contribution in [0.25, 0.3) is 0 Å². The molecule has 1 aromatic rings. The Balaban J connectivity index is 0.00000243. The molecule has 0 saturated heterocycles. The van der Waals surface area contributed by atoms with Gasteiger partial charge in [-0.1, -0.05) is 27.2 Å². The molecule has 2 aliphatic rings. The number of nitrogens with one attached hydrogen (secondary N) is 1. The topological polar surface area (TPSA) is 72.2 Å². The van der Waals surface area contributed by atoms with Gasteiger partial charge in [-0.2, -0.15) is 0 Å². The summed E-state index contributed by atoms with van der Waals surface area (Å²) in [4.78, 5) is 25.0. The summed E-state index contributed by atoms with van der Waals surface area (Å²) in [5.74, 6) is 1.26. The highest BCUT2D eigenvalue weighted by molar-refractivity contribution is 6.00. The van der Waals surface area contributed by atoms with Crippen LogP contribution in [0, 0.1) is 23.2 Å². The number of carbonyl (C=O) groups excluding carboxylic acids is 2. The molecule has 3 N–H and O–H groups in total. The van der Waals surface area contributed by atoms with Crippen molar-refractivity contribution in [2.45, 2.75) is 58.9 Å². The van der Waals surface area contributed by atoms with Gasteiger partial charge in [0.15, 0.2) is 5.78 Å². The van der Waals surface area contributed by atoms with Gasteiger partial charge in [-0.3, -0.25) is 9.59 Å². The van der Waals surface area contributed by atoms with Crippen LogP contribution in [0.5, 0.6) is 0 Å². The van der Waals surface area contributed by atoms with Crippen molar-refractivity contribution in [3.8, 4) is 0 Å². The summed E-state index contributed by atoms with van der Waals surface area (Å²) in [5, 5.41) is 3.03. The van der Waals surface area contributed by atoms with Gasteiger partial charge in [0.2, 0.25) is 5.91 Å². The molecule has 3 rings (SSSR count). The Labute approximate surface area is 162 Å². The highest BCUT2D eigenvalue weighted by Gasteiger charge is 2.40. The maximum atomic E-state index is 12.7. The Morgan fingerprint density at radius 2 is 1.58 bits per heavy atom. The standard InChI is InChI=1S/C21H30N2O2.ClH/c1-21(2,3)19(24)13-7-9-17(10-8-13)23-20(25)16-11-14-5-4-6-15(12-16)18(14)22;/h7-10,14-16,18H,4-6,11-12,22H2,1-3H3,(H,23,25);1H. The predicted octanol–water partition coefficient (Wildman–Crippen LogP) is 4.43. The smallest absolute Gasteiger partial charge is 0.227 e. The maximum absolute atomic E-state index is 12.7. The van der Waals surface area contributed by atoms with E-state index in [1.54, 1.807) is 12.1 Å². The highest BCUT2D eigenvalue weighted by Crippen LogP contribution is 2.42. The lowest BCUT2D eigenvalue weighted by atomic mass is 9.65. The fraction of sp³-hybridized carbons (Fsp3) is 0.619. The first-order valence-corrected chi connectivity index (χ1v) is 9.47. The molecule has 2 atom stereocenters. The first-order valence-electron chi connectivity index (χ1n) is 9.47. The Morgan fingerprint density at radius 1 is 1.04 bits per heavy atom. The number of hydrogen-bond donors (Lipinski definition) is 2. The van der Waals surface area contributed by atoms with E-state index >= 15 is 0 Å². The van der Waals surface area contributed by atoms with Gasteiger partial charge >= 0.3 is 0 Å². The zero-order valence-corrected chi connectivity index (χ0v) is 16.8. The van der Waals surface area contributed by atoms with Crippen molar-refractivity contribution in [2.24, 2.45) is 28.9 Å². The van der Waals surface area contributed by atoms with Gasteiger partial charge in [0.1, 0.15) is 0 Å². The summed E-state index contributed by atoms with van der Waals surface area (Å²) in [7, 11) is 0. The molecular formula is C21H31ClN2O2. The van der Waals surface area contributed by atoms with Crippen molar-refractivity contribution in [1.29, 1.82) is 0 Å². The van der Waals surface area contributed by atoms with Crippen LogP contribution in [0.15, 0.2) is 24.3 Å². The molecule has 0 aliphatic heterocycles. The van der Waals surface area contributed by atoms with E-state index in [9.17, 15) is 9.59 Å². The van der Waals surface area contributed by atoms with Gasteiger partial charge < -0.3 is 11.1 Å². The number of halogens is 1. The van der Waals surface area contributed by atoms with E-state index in [4.69, 9.17) is 5.73 Å². The number of anilines is 1. The van der Waals surface area contributed by atoms with E-state index in [1.807, 2.05) is 32.9 Å². The zero-order chi connectivity index (χ0) is 18.2. The highest BCUT2D eigenvalue weighted by atomic mass is 35.5. The van der Waals surface area contributed by atoms with E-state index in [-0.39, 0.29) is 36.1 Å². The maximum Gasteiger partial charge on any atom is 0.227 e. The van der Waals surface area contributed by atoms with Gasteiger partial charge in [0.25, 0.3) is 0 Å². The zero-order valence-electron chi connectivity index (χ0n) is 16.0. The molecule has 0 radical (unpaired) electrons. The van der Waals surface area contributed by atoms with Crippen molar-refractivity contribution in [2.75, 3.05) is 5.32 Å². The van der Waals surface area contributed by atoms with Crippen LogP contribution in [-0.4, -0.2) is 17.7 Å². The fourth-order valence-corrected chi connectivity index (χ4v) is 4.39. The number of ketones is 1. The van der Waals surface area contributed by atoms with E-state index < -0.39 is 5.41 Å². The molecule has 144 valence electrons. The van der Waals surface area contributed by atoms with Gasteiger partial charge in [-0.05, 0) is 61.8 Å². The second-order valence-corrected chi connectivity index (χ2v) is 8.84. The van der Waals surface area contributed by atoms with Gasteiger partial charge in [0.05, 0.1) is 0 Å². The molecule has 2 fully saturated rings. The molecule has 2 unspecified atom stereocenters. The van der Waals surface area contributed by atoms with E-state index in [0.717, 1.165) is 31.4 Å². The lowest BCUT2D eigenvalue weighted by Gasteiger charge is -2.43. The average Bonchev–Trinajstić information content (AvgIpc) is 2.53. The molecule has 0 heterocycles. The lowest BCUT2D eigenvalue weighted by molar-refractivity contribution is -0.122. The van der Waals surface area contributed by atoms with E-state index in [1.165, 1.54) is 6.42 Å². The largest absolute Gasteiger partial charge is 0.327 e. The third-order valence-corrected chi connectivity index (χ3v) is 5.88. The molecule has 2 bridgehead atoms. The number of benzene rings is 1. The Morgan fingerprint density at radius 3 is 2.08 bits per heavy atom. The van der Waals surface area contributed by atoms with Gasteiger partial charge in [0, 0.05) is 28.6 Å². The number of nitrogens with two attached hydrogens (primary N) is 1. The normalized spacial score (nSPS) is 28.0. The second-order valence-electron chi connectivity index (χ2n) is 8.84. The summed E-state index contributed by atoms with van der Waals surface area (Å²) in [6.07, 6.45) is 5.38. The number of Topliss-reactive ketones (excluding diaryl/α,β-unsaturated/α-hetero) is 1. The van der Waals surface area contributed by atoms with Crippen molar-refractivity contribution in [3.05, 3.63) is 29.8 Å². The number of hydrogen-bond acceptors (Lipinski definition) is 3. The third kappa shape index (κ3) is 4.47. The molecule has 5 heteroatoms. The summed E-state index contributed by atoms with van der Waals surface area (Å²) < 4.78 is 0. The van der Waals surface area contributed by atoms with Crippen molar-refractivity contribution < 1.29 is 9.59 Å². The van der Waals surface area contributed by atoms with Crippen LogP contribution in [0.3, 0.4) is 0 Å². The minimum atomic E-state index is -0.399. The van der Waals surface area contributed by atoms with Crippen LogP contribution in [0.2, 0.25) is 0 Å². The fourth-order valence-electron chi connectivity index (χ4n) is 4.39. The Kier molecular flexibility index (Phi) is 6.51. The Bertz CT molecular complexity index is 637. The van der Waals surface area contributed by atoms with Crippen LogP contribution in [0.1, 0.15) is 63.2 Å². The summed E-state index contributed by atoms with van der Waals surface area (Å²) in [5.41, 5.74) is 7.36. The number of amides is 1. The van der Waals surface area contributed by atoms with Gasteiger partial charge in [-0.25, -0.2) is 0 Å². The first kappa shape index (κ1) is 20.9. The van der Waals surface area contributed by atoms with Crippen LogP contribution < -0.4 is 11.1 Å². The molecular weight excluding hydrogens is 348 g/mol. The molecule has 1 amide bonds. The van der Waals surface area contributed by atoms with Crippen LogP contribution >= 0.6 is 12.4 Å². The first-order chi connectivity index (χ1) is 11.8. The molecule has 0 aromatic heterocycles. The molecule has 2 saturated carbocycles. The predicted molar refractivity (Wildman–Crippen MR) is 108 cm³/mol. The van der Waals surface area contributed by atoms with E-state index in [0.29, 0.717) is 17.4 Å². The van der Waals surface area contributed by atoms with Crippen molar-refractivity contribution in [3.63, 3.8) is 0 Å². The van der Waals surface area contributed by atoms with E-state index in [2.05, 4.69) is 5.32 Å². The molecule has 4 nitrogen and oxygen atoms in total. The third-order valence-electron chi connectivity index (χ3n) is 5.88. The minimum absolute atomic E-state index is 0. The molecule has 26 heavy (non-hydrogen) atoms. The number of carbonyl (C=O) groups is 2. The summed E-state index contributed by atoms with van der Waals surface area (Å²) in [6, 6.07) is 7.53. The Hall–Kier alpha value is -1.39. The SMILES string of the molecule is CC(C)(C)C(=O)c1ccc(NC(=O)C2CC3CCCC(C2)C3N)cc1.Cl. The average molecular weight is 379 g/mol. The second kappa shape index (κ2) is 8.10. The monoisotopic (exact) mass is 378 g/mol. The molecule has 1 aromatic carbocycles. The molecule has 2 aliphatic carbocycles. The summed E-state index contributed by atoms with van der Waals surface area (Å²) in [6.45, 7) is 5.74. The summed E-state index contributed by atoms with van der Waals surface area (Å²) >= 11 is 0. The van der Waals surface area contributed by atoms with Gasteiger partial charge in [-0.15, -0.1) is 12.4 Å². The van der Waals surface area contributed by atoms with Crippen LogP contribution in [-0.2, 0) is 4.79 Å². The number of fused-ring (bicyclic) bond motifs is 2. The van der Waals surface area contributed by atoms with Crippen molar-refractivity contribution >= 4 is 29.8 Å².